The zero-order valence-corrected chi connectivity index (χ0v) is 50.6. The second-order valence-corrected chi connectivity index (χ2v) is 41.6. The number of ether oxygens (including phenoxy) is 6. The fourth-order valence-corrected chi connectivity index (χ4v) is 27.1. The molecule has 0 N–H and O–H groups in total. The Hall–Kier alpha value is -3.11. The summed E-state index contributed by atoms with van der Waals surface area (Å²) in [6.07, 6.45) is 23.0. The van der Waals surface area contributed by atoms with Crippen LogP contribution in [0.15, 0.2) is 36.4 Å². The zero-order valence-electron chi connectivity index (χ0n) is 46.7. The summed E-state index contributed by atoms with van der Waals surface area (Å²) < 4.78 is 39.2. The quantitative estimate of drug-likeness (QED) is 0.0461. The number of hydrogen-bond acceptors (Lipinski definition) is 12. The first-order valence-electron chi connectivity index (χ1n) is 30.7. The van der Waals surface area contributed by atoms with Crippen molar-refractivity contribution in [3.05, 3.63) is 36.4 Å². The van der Waals surface area contributed by atoms with Gasteiger partial charge >= 0.3 is 468 Å². The zero-order chi connectivity index (χ0) is 54.4. The molecular formula is C64H82Cl2O12Te. The molecule has 16 aliphatic carbocycles. The maximum atomic E-state index is 14.2. The van der Waals surface area contributed by atoms with Crippen molar-refractivity contribution >= 4 is 65.0 Å². The van der Waals surface area contributed by atoms with Crippen LogP contribution in [0.25, 0.3) is 0 Å². The van der Waals surface area contributed by atoms with E-state index in [1.807, 2.05) is 0 Å². The number of hydrogen-bond donors (Lipinski definition) is 0. The van der Waals surface area contributed by atoms with Crippen molar-refractivity contribution in [1.82, 2.24) is 0 Å². The monoisotopic (exact) mass is 1240 g/mol. The van der Waals surface area contributed by atoms with E-state index in [4.69, 9.17) is 56.1 Å². The van der Waals surface area contributed by atoms with E-state index in [1.165, 1.54) is 25.7 Å². The molecule has 0 saturated heterocycles. The van der Waals surface area contributed by atoms with E-state index in [0.717, 1.165) is 126 Å². The van der Waals surface area contributed by atoms with E-state index in [0.29, 0.717) is 84.0 Å². The van der Waals surface area contributed by atoms with Gasteiger partial charge in [0, 0.05) is 0 Å². The van der Waals surface area contributed by atoms with Gasteiger partial charge in [0.05, 0.1) is 0 Å². The van der Waals surface area contributed by atoms with Crippen molar-refractivity contribution in [1.29, 1.82) is 0 Å². The molecule has 18 rings (SSSR count). The van der Waals surface area contributed by atoms with Crippen LogP contribution in [-0.2, 0) is 38.3 Å². The van der Waals surface area contributed by atoms with Crippen LogP contribution in [0.4, 0.5) is 0 Å². The van der Waals surface area contributed by atoms with E-state index in [1.54, 1.807) is 36.4 Å². The van der Waals surface area contributed by atoms with Crippen LogP contribution in [-0.4, -0.2) is 76.4 Å². The van der Waals surface area contributed by atoms with Crippen LogP contribution in [0.1, 0.15) is 163 Å². The molecule has 16 saturated carbocycles. The van der Waals surface area contributed by atoms with Gasteiger partial charge in [-0.25, -0.2) is 0 Å². The van der Waals surface area contributed by atoms with Crippen LogP contribution in [0.2, 0.25) is 0 Å². The van der Waals surface area contributed by atoms with Gasteiger partial charge in [-0.3, -0.25) is 0 Å². The fourth-order valence-electron chi connectivity index (χ4n) is 20.9. The number of benzene rings is 2. The average molecular weight is 1240 g/mol. The molecule has 0 atom stereocenters. The molecular weight excluding hydrogens is 1160 g/mol. The SMILES string of the molecule is CC1(CC(=O)OOc2cc([Te](Cl)(Cl)c3ccc(OCC(=O)OC4(C)C5CC6CC(C5)CC4C6)cc3)cc(OCC(=O)OC3(C)C4CC5CC(C4)CC3C5)c2OCC(=O)OC2(C)C3CC4CC(C3)CC2C4)C2CC3CC(C2)CC1C3. The summed E-state index contributed by atoms with van der Waals surface area (Å²) in [6, 6.07) is 10.3. The topological polar surface area (TPSA) is 142 Å². The molecule has 0 spiro atoms. The van der Waals surface area contributed by atoms with Gasteiger partial charge < -0.3 is 0 Å². The standard InChI is InChI=1S/C64H82Cl2O12Te/c1-61(43-13-35-9-36(15-43)16-44(61)14-35)31-56(67)78-77-55-30-53(79(65,66)52-7-5-51(6-8-52)71-32-57(68)74-62(2)45-17-37-10-38(19-45)20-46(62)18-37)29-54(72-33-58(69)75-63(3)47-21-39-11-40(23-47)24-48(63)22-39)60(55)73-34-59(70)76-64(4)49-25-41-12-42(27-49)28-50(64)26-41/h5-8,29-30,35-50H,9-28,31-34H2,1-4H3. The van der Waals surface area contributed by atoms with E-state index >= 15 is 0 Å². The van der Waals surface area contributed by atoms with Crippen molar-refractivity contribution in [3.63, 3.8) is 0 Å². The average Bonchev–Trinajstić information content (AvgIpc) is 3.60. The first-order valence-corrected chi connectivity index (χ1v) is 38.9. The Morgan fingerprint density at radius 1 is 0.430 bits per heavy atom. The Balaban J connectivity index is 0.731. The summed E-state index contributed by atoms with van der Waals surface area (Å²) in [7, 11) is 15.3. The summed E-state index contributed by atoms with van der Waals surface area (Å²) in [5.41, 5.74) is -1.86. The number of carbonyl (C=O) groups excluding carboxylic acids is 4. The van der Waals surface area contributed by atoms with Gasteiger partial charge in [-0.2, -0.15) is 0 Å². The number of carbonyl (C=O) groups is 4. The summed E-state index contributed by atoms with van der Waals surface area (Å²) in [5, 5.41) is 0. The van der Waals surface area contributed by atoms with Crippen LogP contribution in [0.5, 0.6) is 23.0 Å². The second-order valence-electron chi connectivity index (χ2n) is 29.0. The molecule has 0 amide bonds. The third-order valence-corrected chi connectivity index (χ3v) is 34.1. The molecule has 16 bridgehead atoms. The predicted molar refractivity (Wildman–Crippen MR) is 297 cm³/mol. The van der Waals surface area contributed by atoms with Gasteiger partial charge in [-0.05, 0) is 12.8 Å². The minimum absolute atomic E-state index is 0.0284. The number of rotatable bonds is 18. The summed E-state index contributed by atoms with van der Waals surface area (Å²) in [6.45, 7) is 7.38. The first-order chi connectivity index (χ1) is 37.8. The van der Waals surface area contributed by atoms with Gasteiger partial charge in [0.1, 0.15) is 0 Å². The van der Waals surface area contributed by atoms with E-state index in [-0.39, 0.29) is 41.7 Å². The summed E-state index contributed by atoms with van der Waals surface area (Å²) in [5.74, 6) is 7.09. The molecule has 0 aromatic heterocycles. The molecule has 12 nitrogen and oxygen atoms in total. The van der Waals surface area contributed by atoms with Gasteiger partial charge in [-0.15, -0.1) is 0 Å². The molecule has 0 radical (unpaired) electrons. The molecule has 430 valence electrons. The number of esters is 3. The van der Waals surface area contributed by atoms with Crippen LogP contribution in [0, 0.1) is 100 Å². The van der Waals surface area contributed by atoms with Crippen molar-refractivity contribution in [2.45, 2.75) is 179 Å². The Morgan fingerprint density at radius 2 is 0.772 bits per heavy atom. The van der Waals surface area contributed by atoms with Crippen LogP contribution in [0.3, 0.4) is 0 Å². The second kappa shape index (κ2) is 20.0. The van der Waals surface area contributed by atoms with Crippen LogP contribution < -0.4 is 26.3 Å². The predicted octanol–water partition coefficient (Wildman–Crippen LogP) is 11.8. The Labute approximate surface area is 478 Å². The summed E-state index contributed by atoms with van der Waals surface area (Å²) >= 11 is -4.50. The normalized spacial score (nSPS) is 43.1. The third kappa shape index (κ3) is 9.67. The molecule has 2 aromatic carbocycles. The van der Waals surface area contributed by atoms with Gasteiger partial charge in [0.2, 0.25) is 0 Å². The van der Waals surface area contributed by atoms with Gasteiger partial charge in [-0.1, -0.05) is 0 Å². The Morgan fingerprint density at radius 3 is 1.16 bits per heavy atom. The molecule has 0 aliphatic heterocycles. The van der Waals surface area contributed by atoms with E-state index in [2.05, 4.69) is 27.7 Å². The summed E-state index contributed by atoms with van der Waals surface area (Å²) in [4.78, 5) is 67.8. The molecule has 2 aromatic rings. The number of halogens is 2. The minimum atomic E-state index is -4.50. The molecule has 0 heterocycles. The first kappa shape index (κ1) is 53.9. The Kier molecular flexibility index (Phi) is 13.7. The van der Waals surface area contributed by atoms with Gasteiger partial charge in [0.25, 0.3) is 0 Å². The van der Waals surface area contributed by atoms with E-state index < -0.39 is 63.9 Å². The Bertz CT molecular complexity index is 2540. The molecule has 15 heteroatoms. The van der Waals surface area contributed by atoms with Gasteiger partial charge in [0.15, 0.2) is 0 Å². The van der Waals surface area contributed by atoms with Crippen molar-refractivity contribution in [2.75, 3.05) is 19.8 Å². The van der Waals surface area contributed by atoms with Crippen LogP contribution >= 0.6 is 17.9 Å². The fraction of sp³-hybridized carbons (Fsp3) is 0.750. The van der Waals surface area contributed by atoms with Crippen molar-refractivity contribution in [3.8, 4) is 23.0 Å². The molecule has 16 aliphatic rings. The molecule has 16 fully saturated rings. The van der Waals surface area contributed by atoms with Crippen molar-refractivity contribution in [2.24, 2.45) is 100 Å². The third-order valence-electron chi connectivity index (χ3n) is 24.5. The molecule has 79 heavy (non-hydrogen) atoms. The van der Waals surface area contributed by atoms with Crippen molar-refractivity contribution < 1.29 is 57.4 Å². The van der Waals surface area contributed by atoms with E-state index in [9.17, 15) is 19.2 Å². The maximum absolute atomic E-state index is 14.2. The molecule has 0 unspecified atom stereocenters.